The Balaban J connectivity index is 2.95. The maximum absolute atomic E-state index is 10.3. The summed E-state index contributed by atoms with van der Waals surface area (Å²) >= 11 is 0. The molecule has 0 aromatic carbocycles. The van der Waals surface area contributed by atoms with Crippen LogP contribution in [0.4, 0.5) is 0 Å². The Labute approximate surface area is 44.8 Å². The molecule has 0 saturated heterocycles. The second-order valence-electron chi connectivity index (χ2n) is 2.07. The van der Waals surface area contributed by atoms with E-state index in [9.17, 15) is 5.11 Å². The summed E-state index contributed by atoms with van der Waals surface area (Å²) in [4.78, 5) is 1.89. The highest BCUT2D eigenvalue weighted by atomic mass is 16.3. The summed E-state index contributed by atoms with van der Waals surface area (Å²) in [5.41, 5.74) is 0. The molecule has 2 nitrogen and oxygen atoms in total. The first kappa shape index (κ1) is 6.92. The third-order valence-electron chi connectivity index (χ3n) is 0.622. The smallest absolute Gasteiger partial charge is 0.103 e. The lowest BCUT2D eigenvalue weighted by Gasteiger charge is -2.08. The number of hydrogen-bond acceptors (Lipinski definition) is 1. The van der Waals surface area contributed by atoms with Crippen LogP contribution in [0.5, 0.6) is 0 Å². The Bertz CT molecular complexity index is 37.3. The highest BCUT2D eigenvalue weighted by molar-refractivity contribution is 4.47. The third kappa shape index (κ3) is 5.92. The molecule has 0 N–H and O–H groups in total. The van der Waals surface area contributed by atoms with Crippen LogP contribution >= 0.6 is 0 Å². The molecule has 0 aromatic heterocycles. The number of rotatable bonds is 2. The molecule has 0 spiro atoms. The molecule has 0 amide bonds. The van der Waals surface area contributed by atoms with Gasteiger partial charge >= 0.3 is 0 Å². The summed E-state index contributed by atoms with van der Waals surface area (Å²) in [6, 6.07) is 0. The molecule has 7 heavy (non-hydrogen) atoms. The summed E-state index contributed by atoms with van der Waals surface area (Å²) < 4.78 is 0. The summed E-state index contributed by atoms with van der Waals surface area (Å²) in [5, 5.41) is 10.3. The first-order valence-electron chi connectivity index (χ1n) is 2.43. The molecule has 0 saturated carbocycles. The van der Waals surface area contributed by atoms with Gasteiger partial charge in [0.25, 0.3) is 0 Å². The van der Waals surface area contributed by atoms with Crippen LogP contribution in [-0.2, 0) is 5.11 Å². The fourth-order valence-electron chi connectivity index (χ4n) is 0.514. The summed E-state index contributed by atoms with van der Waals surface area (Å²) in [6.45, 7) is 2.31. The van der Waals surface area contributed by atoms with Crippen molar-refractivity contribution in [3.63, 3.8) is 0 Å². The van der Waals surface area contributed by atoms with Crippen molar-refractivity contribution < 1.29 is 5.11 Å². The monoisotopic (exact) mass is 102 g/mol. The van der Waals surface area contributed by atoms with Crippen molar-refractivity contribution in [3.8, 4) is 0 Å². The maximum Gasteiger partial charge on any atom is 0.103 e. The van der Waals surface area contributed by atoms with Crippen LogP contribution in [-0.4, -0.2) is 31.6 Å². The van der Waals surface area contributed by atoms with Crippen LogP contribution in [0.25, 0.3) is 0 Å². The van der Waals surface area contributed by atoms with Crippen LogP contribution in [0.1, 0.15) is 6.92 Å². The molecule has 0 heterocycles. The second kappa shape index (κ2) is 2.99. The number of hydrogen-bond donors (Lipinski definition) is 0. The van der Waals surface area contributed by atoms with E-state index in [4.69, 9.17) is 0 Å². The molecular formula is C5H12NO. The van der Waals surface area contributed by atoms with Crippen molar-refractivity contribution in [1.82, 2.24) is 4.90 Å². The molecule has 0 rings (SSSR count). The van der Waals surface area contributed by atoms with E-state index in [1.165, 1.54) is 0 Å². The number of likely N-dealkylation sites (N-methyl/N-ethyl adjacent to an activating group) is 1. The minimum absolute atomic E-state index is 0.449. The van der Waals surface area contributed by atoms with Crippen LogP contribution in [0.15, 0.2) is 0 Å². The van der Waals surface area contributed by atoms with Crippen LogP contribution in [0.3, 0.4) is 0 Å². The molecule has 0 bridgehead atoms. The zero-order valence-corrected chi connectivity index (χ0v) is 5.14. The van der Waals surface area contributed by atoms with Gasteiger partial charge in [0.15, 0.2) is 0 Å². The van der Waals surface area contributed by atoms with Gasteiger partial charge in [-0.15, -0.1) is 0 Å². The molecule has 0 aliphatic rings. The Kier molecular flexibility index (Phi) is 2.96. The van der Waals surface area contributed by atoms with Crippen molar-refractivity contribution in [2.75, 3.05) is 20.6 Å². The minimum atomic E-state index is -0.449. The second-order valence-corrected chi connectivity index (χ2v) is 2.07. The molecule has 0 aliphatic carbocycles. The van der Waals surface area contributed by atoms with E-state index >= 15 is 0 Å². The normalized spacial score (nSPS) is 15.0. The molecule has 2 heteroatoms. The predicted molar refractivity (Wildman–Crippen MR) is 28.7 cm³/mol. The Morgan fingerprint density at radius 1 is 1.57 bits per heavy atom. The van der Waals surface area contributed by atoms with Crippen LogP contribution < -0.4 is 0 Å². The molecule has 0 aromatic rings. The van der Waals surface area contributed by atoms with Gasteiger partial charge in [0.05, 0.1) is 0 Å². The fraction of sp³-hybridized carbons (Fsp3) is 1.00. The summed E-state index contributed by atoms with van der Waals surface area (Å²) in [6.07, 6.45) is -0.449. The Morgan fingerprint density at radius 3 is 2.00 bits per heavy atom. The van der Waals surface area contributed by atoms with E-state index < -0.39 is 6.10 Å². The fourth-order valence-corrected chi connectivity index (χ4v) is 0.514. The zero-order chi connectivity index (χ0) is 5.86. The van der Waals surface area contributed by atoms with Gasteiger partial charge in [-0.3, -0.25) is 0 Å². The van der Waals surface area contributed by atoms with Gasteiger partial charge in [-0.25, -0.2) is 5.11 Å². The lowest BCUT2D eigenvalue weighted by molar-refractivity contribution is 0.0799. The van der Waals surface area contributed by atoms with Gasteiger partial charge < -0.3 is 4.90 Å². The third-order valence-corrected chi connectivity index (χ3v) is 0.622. The molecule has 1 atom stereocenters. The predicted octanol–water partition coefficient (Wildman–Crippen LogP) is 0.367. The highest BCUT2D eigenvalue weighted by Crippen LogP contribution is 1.81. The van der Waals surface area contributed by atoms with E-state index in [2.05, 4.69) is 0 Å². The van der Waals surface area contributed by atoms with Gasteiger partial charge in [0.1, 0.15) is 6.10 Å². The van der Waals surface area contributed by atoms with Crippen molar-refractivity contribution >= 4 is 0 Å². The average Bonchev–Trinajstić information content (AvgIpc) is 1.27. The van der Waals surface area contributed by atoms with Gasteiger partial charge in [0, 0.05) is 6.54 Å². The molecule has 1 radical (unpaired) electrons. The topological polar surface area (TPSA) is 23.1 Å². The first-order chi connectivity index (χ1) is 3.13. The van der Waals surface area contributed by atoms with E-state index in [1.54, 1.807) is 6.92 Å². The Hall–Kier alpha value is -0.0800. The highest BCUT2D eigenvalue weighted by Gasteiger charge is 1.96. The zero-order valence-electron chi connectivity index (χ0n) is 5.14. The van der Waals surface area contributed by atoms with Crippen molar-refractivity contribution in [3.05, 3.63) is 0 Å². The van der Waals surface area contributed by atoms with Crippen molar-refractivity contribution in [2.45, 2.75) is 13.0 Å². The van der Waals surface area contributed by atoms with Crippen molar-refractivity contribution in [2.24, 2.45) is 0 Å². The quantitative estimate of drug-likeness (QED) is 0.494. The van der Waals surface area contributed by atoms with Gasteiger partial charge in [-0.05, 0) is 21.0 Å². The molecular weight excluding hydrogens is 90.1 g/mol. The van der Waals surface area contributed by atoms with Gasteiger partial charge in [-0.1, -0.05) is 0 Å². The van der Waals surface area contributed by atoms with Crippen molar-refractivity contribution in [1.29, 1.82) is 0 Å². The first-order valence-corrected chi connectivity index (χ1v) is 2.43. The summed E-state index contributed by atoms with van der Waals surface area (Å²) in [5.74, 6) is 0. The van der Waals surface area contributed by atoms with E-state index in [-0.39, 0.29) is 0 Å². The standard InChI is InChI=1S/C5H12NO/c1-5(7)4-6(2)3/h5H,4H2,1-3H3. The number of nitrogens with zero attached hydrogens (tertiary/aromatic N) is 1. The molecule has 43 valence electrons. The molecule has 1 unspecified atom stereocenters. The van der Waals surface area contributed by atoms with Gasteiger partial charge in [-0.2, -0.15) is 0 Å². The SMILES string of the molecule is CC([O])CN(C)C. The molecule has 0 aliphatic heterocycles. The van der Waals surface area contributed by atoms with E-state index in [0.29, 0.717) is 6.54 Å². The maximum atomic E-state index is 10.3. The van der Waals surface area contributed by atoms with E-state index in [0.717, 1.165) is 0 Å². The largest absolute Gasteiger partial charge is 0.307 e. The van der Waals surface area contributed by atoms with Gasteiger partial charge in [0.2, 0.25) is 0 Å². The molecule has 0 fully saturated rings. The average molecular weight is 102 g/mol. The van der Waals surface area contributed by atoms with Crippen LogP contribution in [0, 0.1) is 0 Å². The minimum Gasteiger partial charge on any atom is -0.307 e. The van der Waals surface area contributed by atoms with Crippen LogP contribution in [0.2, 0.25) is 0 Å². The lowest BCUT2D eigenvalue weighted by Crippen LogP contribution is -2.21. The lowest BCUT2D eigenvalue weighted by atomic mass is 10.4. The van der Waals surface area contributed by atoms with E-state index in [1.807, 2.05) is 19.0 Å². The summed E-state index contributed by atoms with van der Waals surface area (Å²) in [7, 11) is 3.79. The Morgan fingerprint density at radius 2 is 2.00 bits per heavy atom.